The third-order valence-corrected chi connectivity index (χ3v) is 7.25. The molecule has 0 saturated carbocycles. The molecule has 3 rings (SSSR count). The average Bonchev–Trinajstić information content (AvgIpc) is 2.68. The largest absolute Gasteiger partial charge is 0.377 e. The lowest BCUT2D eigenvalue weighted by Gasteiger charge is -2.35. The number of amides is 1. The molecule has 0 aromatic heterocycles. The van der Waals surface area contributed by atoms with Crippen LogP contribution in [0.4, 0.5) is 0 Å². The highest BCUT2D eigenvalue weighted by Gasteiger charge is 2.30. The molecule has 0 aliphatic carbocycles. The lowest BCUT2D eigenvalue weighted by atomic mass is 10.1. The topological polar surface area (TPSA) is 66.9 Å². The van der Waals surface area contributed by atoms with Crippen molar-refractivity contribution in [2.45, 2.75) is 50.5 Å². The Labute approximate surface area is 156 Å². The van der Waals surface area contributed by atoms with Gasteiger partial charge in [-0.2, -0.15) is 4.31 Å². The first-order valence-corrected chi connectivity index (χ1v) is 10.9. The van der Waals surface area contributed by atoms with Crippen LogP contribution in [0.1, 0.15) is 48.5 Å². The number of sulfonamides is 1. The Morgan fingerprint density at radius 2 is 1.92 bits per heavy atom. The van der Waals surface area contributed by atoms with E-state index < -0.39 is 10.0 Å². The normalized spacial score (nSPS) is 22.4. The van der Waals surface area contributed by atoms with Crippen molar-refractivity contribution in [3.63, 3.8) is 0 Å². The lowest BCUT2D eigenvalue weighted by Crippen LogP contribution is -2.48. The van der Waals surface area contributed by atoms with Gasteiger partial charge in [-0.1, -0.05) is 19.4 Å². The van der Waals surface area contributed by atoms with Crippen molar-refractivity contribution in [3.05, 3.63) is 29.3 Å². The maximum Gasteiger partial charge on any atom is 0.254 e. The SMILES string of the molecule is CC[C@H]1COCCN1C(=O)c1cc(S(=O)(=O)N2CCCCC2)ccc1C. The number of piperidine rings is 1. The summed E-state index contributed by atoms with van der Waals surface area (Å²) in [4.78, 5) is 15.1. The summed E-state index contributed by atoms with van der Waals surface area (Å²) in [6.45, 7) is 6.59. The Kier molecular flexibility index (Phi) is 5.99. The third-order valence-electron chi connectivity index (χ3n) is 5.35. The first-order chi connectivity index (χ1) is 12.4. The van der Waals surface area contributed by atoms with Crippen molar-refractivity contribution >= 4 is 15.9 Å². The number of rotatable bonds is 4. The van der Waals surface area contributed by atoms with Crippen LogP contribution < -0.4 is 0 Å². The minimum atomic E-state index is -3.55. The molecule has 1 aromatic rings. The fourth-order valence-corrected chi connectivity index (χ4v) is 5.21. The molecule has 0 radical (unpaired) electrons. The van der Waals surface area contributed by atoms with Gasteiger partial charge in [0.1, 0.15) is 0 Å². The van der Waals surface area contributed by atoms with E-state index in [4.69, 9.17) is 4.74 Å². The van der Waals surface area contributed by atoms with E-state index in [1.165, 1.54) is 0 Å². The van der Waals surface area contributed by atoms with E-state index in [0.29, 0.717) is 38.4 Å². The first-order valence-electron chi connectivity index (χ1n) is 9.44. The molecule has 144 valence electrons. The molecule has 0 N–H and O–H groups in total. The highest BCUT2D eigenvalue weighted by molar-refractivity contribution is 7.89. The quantitative estimate of drug-likeness (QED) is 0.805. The molecule has 2 aliphatic rings. The van der Waals surface area contributed by atoms with E-state index in [1.807, 2.05) is 18.7 Å². The highest BCUT2D eigenvalue weighted by Crippen LogP contribution is 2.24. The molecule has 1 aromatic carbocycles. The van der Waals surface area contributed by atoms with Gasteiger partial charge in [-0.25, -0.2) is 8.42 Å². The Morgan fingerprint density at radius 1 is 1.19 bits per heavy atom. The second-order valence-corrected chi connectivity index (χ2v) is 9.01. The van der Waals surface area contributed by atoms with E-state index >= 15 is 0 Å². The summed E-state index contributed by atoms with van der Waals surface area (Å²) in [5.74, 6) is -0.103. The predicted octanol–water partition coefficient (Wildman–Crippen LogP) is 2.42. The summed E-state index contributed by atoms with van der Waals surface area (Å²) in [6.07, 6.45) is 3.67. The van der Waals surface area contributed by atoms with Gasteiger partial charge in [-0.05, 0) is 43.9 Å². The predicted molar refractivity (Wildman–Crippen MR) is 99.7 cm³/mol. The van der Waals surface area contributed by atoms with Gasteiger partial charge in [0.05, 0.1) is 24.2 Å². The van der Waals surface area contributed by atoms with Gasteiger partial charge in [-0.15, -0.1) is 0 Å². The number of aryl methyl sites for hydroxylation is 1. The van der Waals surface area contributed by atoms with Crippen LogP contribution in [0, 0.1) is 6.92 Å². The van der Waals surface area contributed by atoms with Crippen LogP contribution in [0.3, 0.4) is 0 Å². The second-order valence-electron chi connectivity index (χ2n) is 7.08. The summed E-state index contributed by atoms with van der Waals surface area (Å²) >= 11 is 0. The fraction of sp³-hybridized carbons (Fsp3) is 0.632. The maximum absolute atomic E-state index is 13.1. The molecule has 2 aliphatic heterocycles. The molecule has 7 heteroatoms. The Balaban J connectivity index is 1.91. The summed E-state index contributed by atoms with van der Waals surface area (Å²) in [7, 11) is -3.55. The van der Waals surface area contributed by atoms with Crippen molar-refractivity contribution in [1.29, 1.82) is 0 Å². The second kappa shape index (κ2) is 8.06. The third kappa shape index (κ3) is 3.80. The van der Waals surface area contributed by atoms with Crippen LogP contribution >= 0.6 is 0 Å². The highest BCUT2D eigenvalue weighted by atomic mass is 32.2. The number of benzene rings is 1. The van der Waals surface area contributed by atoms with E-state index in [0.717, 1.165) is 31.2 Å². The minimum absolute atomic E-state index is 0.0398. The van der Waals surface area contributed by atoms with Crippen LogP contribution in [0.2, 0.25) is 0 Å². The molecular weight excluding hydrogens is 352 g/mol. The molecule has 2 saturated heterocycles. The van der Waals surface area contributed by atoms with Crippen molar-refractivity contribution in [2.24, 2.45) is 0 Å². The number of carbonyl (C=O) groups excluding carboxylic acids is 1. The fourth-order valence-electron chi connectivity index (χ4n) is 3.66. The zero-order valence-electron chi connectivity index (χ0n) is 15.6. The molecule has 0 spiro atoms. The smallest absolute Gasteiger partial charge is 0.254 e. The van der Waals surface area contributed by atoms with Crippen LogP contribution in [0.25, 0.3) is 0 Å². The molecule has 2 fully saturated rings. The minimum Gasteiger partial charge on any atom is -0.377 e. The van der Waals surface area contributed by atoms with Gasteiger partial charge in [-0.3, -0.25) is 4.79 Å². The maximum atomic E-state index is 13.1. The first kappa shape index (κ1) is 19.3. The Morgan fingerprint density at radius 3 is 2.62 bits per heavy atom. The number of hydrogen-bond donors (Lipinski definition) is 0. The van der Waals surface area contributed by atoms with Gasteiger partial charge in [0.25, 0.3) is 5.91 Å². The van der Waals surface area contributed by atoms with Gasteiger partial charge < -0.3 is 9.64 Å². The van der Waals surface area contributed by atoms with Crippen LogP contribution in [-0.4, -0.2) is 62.4 Å². The monoisotopic (exact) mass is 380 g/mol. The Bertz CT molecular complexity index is 757. The van der Waals surface area contributed by atoms with Crippen molar-refractivity contribution in [3.8, 4) is 0 Å². The van der Waals surface area contributed by atoms with Crippen molar-refractivity contribution < 1.29 is 17.9 Å². The summed E-state index contributed by atoms with van der Waals surface area (Å²) < 4.78 is 32.9. The van der Waals surface area contributed by atoms with E-state index in [2.05, 4.69) is 0 Å². The summed E-state index contributed by atoms with van der Waals surface area (Å²) in [5.41, 5.74) is 1.28. The van der Waals surface area contributed by atoms with Gasteiger partial charge in [0.2, 0.25) is 10.0 Å². The molecule has 26 heavy (non-hydrogen) atoms. The van der Waals surface area contributed by atoms with Gasteiger partial charge in [0.15, 0.2) is 0 Å². The van der Waals surface area contributed by atoms with E-state index in [-0.39, 0.29) is 16.8 Å². The number of ether oxygens (including phenoxy) is 1. The summed E-state index contributed by atoms with van der Waals surface area (Å²) in [5, 5.41) is 0. The van der Waals surface area contributed by atoms with Crippen LogP contribution in [-0.2, 0) is 14.8 Å². The number of nitrogens with zero attached hydrogens (tertiary/aromatic N) is 2. The summed E-state index contributed by atoms with van der Waals surface area (Å²) in [6, 6.07) is 4.96. The van der Waals surface area contributed by atoms with Gasteiger partial charge in [0, 0.05) is 25.2 Å². The van der Waals surface area contributed by atoms with E-state index in [1.54, 1.807) is 22.5 Å². The molecule has 6 nitrogen and oxygen atoms in total. The number of morpholine rings is 1. The van der Waals surface area contributed by atoms with Crippen LogP contribution in [0.15, 0.2) is 23.1 Å². The lowest BCUT2D eigenvalue weighted by molar-refractivity contribution is -0.00285. The Hall–Kier alpha value is -1.44. The standard InChI is InChI=1S/C19H28N2O4S/c1-3-16-14-25-12-11-21(16)19(22)18-13-17(8-7-15(18)2)26(23,24)20-9-5-4-6-10-20/h7-8,13,16H,3-6,9-12,14H2,1-2H3/t16-/m0/s1. The van der Waals surface area contributed by atoms with Gasteiger partial charge >= 0.3 is 0 Å². The zero-order chi connectivity index (χ0) is 18.7. The molecule has 1 amide bonds. The molecular formula is C19H28N2O4S. The molecule has 0 unspecified atom stereocenters. The average molecular weight is 381 g/mol. The molecule has 1 atom stereocenters. The van der Waals surface area contributed by atoms with Crippen molar-refractivity contribution in [2.75, 3.05) is 32.8 Å². The number of hydrogen-bond acceptors (Lipinski definition) is 4. The molecule has 0 bridgehead atoms. The van der Waals surface area contributed by atoms with E-state index in [9.17, 15) is 13.2 Å². The van der Waals surface area contributed by atoms with Crippen molar-refractivity contribution in [1.82, 2.24) is 9.21 Å². The molecule has 2 heterocycles. The zero-order valence-corrected chi connectivity index (χ0v) is 16.4. The van der Waals surface area contributed by atoms with Crippen LogP contribution in [0.5, 0.6) is 0 Å². The number of carbonyl (C=O) groups is 1.